The smallest absolute Gasteiger partial charge is 0.307 e. The number of carbonyl (C=O) groups is 1. The van der Waals surface area contributed by atoms with Gasteiger partial charge >= 0.3 is 5.97 Å². The van der Waals surface area contributed by atoms with Crippen molar-refractivity contribution in [1.29, 1.82) is 0 Å². The molecule has 0 bridgehead atoms. The Bertz CT molecular complexity index is 349. The number of hydrogen-bond acceptors (Lipinski definition) is 4. The number of rotatable bonds is 6. The van der Waals surface area contributed by atoms with E-state index < -0.39 is 5.97 Å². The van der Waals surface area contributed by atoms with Crippen LogP contribution in [0.25, 0.3) is 0 Å². The van der Waals surface area contributed by atoms with Crippen LogP contribution in [0, 0.1) is 12.8 Å². The fraction of sp³-hybridized carbons (Fsp3) is 0.636. The Morgan fingerprint density at radius 3 is 2.81 bits per heavy atom. The zero-order valence-corrected chi connectivity index (χ0v) is 9.93. The first-order chi connectivity index (χ1) is 7.52. The van der Waals surface area contributed by atoms with Gasteiger partial charge in [0.1, 0.15) is 5.76 Å². The van der Waals surface area contributed by atoms with Crippen molar-refractivity contribution < 1.29 is 14.4 Å². The van der Waals surface area contributed by atoms with E-state index in [1.165, 1.54) is 0 Å². The van der Waals surface area contributed by atoms with Crippen LogP contribution in [0.15, 0.2) is 10.6 Å². The van der Waals surface area contributed by atoms with Crippen molar-refractivity contribution in [2.24, 2.45) is 5.92 Å². The second-order valence-corrected chi connectivity index (χ2v) is 4.00. The lowest BCUT2D eigenvalue weighted by molar-refractivity contribution is -0.141. The predicted molar refractivity (Wildman–Crippen MR) is 59.0 cm³/mol. The fourth-order valence-corrected chi connectivity index (χ4v) is 1.49. The summed E-state index contributed by atoms with van der Waals surface area (Å²) in [5.41, 5.74) is 0.844. The standard InChI is InChI=1S/C11H18N2O3/c1-4-13(6-8(2)11(14)15)7-10-5-9(3)16-12-10/h5,8H,4,6-7H2,1-3H3,(H,14,15). The predicted octanol–water partition coefficient (Wildman–Crippen LogP) is 1.53. The van der Waals surface area contributed by atoms with Gasteiger partial charge in [-0.1, -0.05) is 19.0 Å². The van der Waals surface area contributed by atoms with Crippen LogP contribution in [0.3, 0.4) is 0 Å². The van der Waals surface area contributed by atoms with Gasteiger partial charge in [0, 0.05) is 19.2 Å². The molecular formula is C11H18N2O3. The zero-order valence-electron chi connectivity index (χ0n) is 9.93. The molecule has 0 radical (unpaired) electrons. The highest BCUT2D eigenvalue weighted by atomic mass is 16.5. The van der Waals surface area contributed by atoms with Crippen molar-refractivity contribution in [3.8, 4) is 0 Å². The number of hydrogen-bond donors (Lipinski definition) is 1. The van der Waals surface area contributed by atoms with E-state index in [1.807, 2.05) is 24.8 Å². The maximum absolute atomic E-state index is 10.7. The topological polar surface area (TPSA) is 66.6 Å². The van der Waals surface area contributed by atoms with Gasteiger partial charge in [0.15, 0.2) is 0 Å². The normalized spacial score (nSPS) is 13.0. The minimum atomic E-state index is -0.769. The lowest BCUT2D eigenvalue weighted by Crippen LogP contribution is -2.31. The van der Waals surface area contributed by atoms with E-state index in [4.69, 9.17) is 9.63 Å². The molecule has 5 nitrogen and oxygen atoms in total. The molecule has 16 heavy (non-hydrogen) atoms. The summed E-state index contributed by atoms with van der Waals surface area (Å²) in [4.78, 5) is 12.8. The number of carboxylic acid groups (broad SMARTS) is 1. The number of aromatic nitrogens is 1. The summed E-state index contributed by atoms with van der Waals surface area (Å²) >= 11 is 0. The summed E-state index contributed by atoms with van der Waals surface area (Å²) < 4.78 is 4.97. The van der Waals surface area contributed by atoms with Crippen molar-refractivity contribution in [2.75, 3.05) is 13.1 Å². The maximum atomic E-state index is 10.7. The molecule has 0 amide bonds. The van der Waals surface area contributed by atoms with Crippen LogP contribution < -0.4 is 0 Å². The van der Waals surface area contributed by atoms with Gasteiger partial charge in [-0.15, -0.1) is 0 Å². The van der Waals surface area contributed by atoms with E-state index in [-0.39, 0.29) is 5.92 Å². The van der Waals surface area contributed by atoms with Crippen LogP contribution in [0.5, 0.6) is 0 Å². The average Bonchev–Trinajstić information content (AvgIpc) is 2.62. The van der Waals surface area contributed by atoms with E-state index in [0.717, 1.165) is 18.0 Å². The highest BCUT2D eigenvalue weighted by molar-refractivity contribution is 5.69. The lowest BCUT2D eigenvalue weighted by atomic mass is 10.1. The average molecular weight is 226 g/mol. The highest BCUT2D eigenvalue weighted by Gasteiger charge is 2.16. The van der Waals surface area contributed by atoms with Crippen LogP contribution in [0.2, 0.25) is 0 Å². The van der Waals surface area contributed by atoms with Crippen molar-refractivity contribution in [1.82, 2.24) is 10.1 Å². The molecule has 1 atom stereocenters. The van der Waals surface area contributed by atoms with Crippen LogP contribution in [0.1, 0.15) is 25.3 Å². The summed E-state index contributed by atoms with van der Waals surface area (Å²) in [5, 5.41) is 12.7. The van der Waals surface area contributed by atoms with Gasteiger partial charge in [-0.25, -0.2) is 0 Å². The molecule has 0 aromatic carbocycles. The van der Waals surface area contributed by atoms with Crippen molar-refractivity contribution in [3.05, 3.63) is 17.5 Å². The number of aryl methyl sites for hydroxylation is 1. The minimum Gasteiger partial charge on any atom is -0.481 e. The van der Waals surface area contributed by atoms with Gasteiger partial charge in [0.2, 0.25) is 0 Å². The minimum absolute atomic E-state index is 0.368. The third kappa shape index (κ3) is 3.66. The Kier molecular flexibility index (Phi) is 4.49. The monoisotopic (exact) mass is 226 g/mol. The molecule has 1 N–H and O–H groups in total. The van der Waals surface area contributed by atoms with E-state index in [2.05, 4.69) is 5.16 Å². The molecule has 0 spiro atoms. The molecule has 0 aliphatic heterocycles. The highest BCUT2D eigenvalue weighted by Crippen LogP contribution is 2.08. The summed E-state index contributed by atoms with van der Waals surface area (Å²) in [7, 11) is 0. The van der Waals surface area contributed by atoms with Crippen molar-refractivity contribution in [2.45, 2.75) is 27.3 Å². The van der Waals surface area contributed by atoms with Crippen LogP contribution in [-0.2, 0) is 11.3 Å². The summed E-state index contributed by atoms with van der Waals surface area (Å²) in [5.74, 6) is -0.361. The zero-order chi connectivity index (χ0) is 12.1. The Hall–Kier alpha value is -1.36. The van der Waals surface area contributed by atoms with Crippen molar-refractivity contribution in [3.63, 3.8) is 0 Å². The largest absolute Gasteiger partial charge is 0.481 e. The molecule has 1 aromatic heterocycles. The molecular weight excluding hydrogens is 208 g/mol. The quantitative estimate of drug-likeness (QED) is 0.796. The first kappa shape index (κ1) is 12.7. The van der Waals surface area contributed by atoms with Gasteiger partial charge < -0.3 is 9.63 Å². The van der Waals surface area contributed by atoms with Gasteiger partial charge in [-0.05, 0) is 13.5 Å². The Morgan fingerprint density at radius 1 is 1.69 bits per heavy atom. The van der Waals surface area contributed by atoms with Gasteiger partial charge in [-0.2, -0.15) is 0 Å². The molecule has 1 unspecified atom stereocenters. The summed E-state index contributed by atoms with van der Waals surface area (Å²) in [6, 6.07) is 1.87. The van der Waals surface area contributed by atoms with E-state index in [1.54, 1.807) is 6.92 Å². The molecule has 1 rings (SSSR count). The van der Waals surface area contributed by atoms with Crippen LogP contribution in [-0.4, -0.2) is 34.2 Å². The maximum Gasteiger partial charge on any atom is 0.307 e. The fourth-order valence-electron chi connectivity index (χ4n) is 1.49. The molecule has 5 heteroatoms. The summed E-state index contributed by atoms with van der Waals surface area (Å²) in [6.45, 7) is 7.50. The molecule has 0 saturated heterocycles. The number of aliphatic carboxylic acids is 1. The Morgan fingerprint density at radius 2 is 2.38 bits per heavy atom. The second-order valence-electron chi connectivity index (χ2n) is 4.00. The molecule has 0 aliphatic carbocycles. The molecule has 1 heterocycles. The third-order valence-corrected chi connectivity index (χ3v) is 2.46. The van der Waals surface area contributed by atoms with Gasteiger partial charge in [-0.3, -0.25) is 9.69 Å². The van der Waals surface area contributed by atoms with Gasteiger partial charge in [0.25, 0.3) is 0 Å². The van der Waals surface area contributed by atoms with Crippen LogP contribution in [0.4, 0.5) is 0 Å². The molecule has 0 saturated carbocycles. The lowest BCUT2D eigenvalue weighted by Gasteiger charge is -2.20. The second kappa shape index (κ2) is 5.65. The Balaban J connectivity index is 2.52. The molecule has 0 aliphatic rings. The van der Waals surface area contributed by atoms with E-state index in [0.29, 0.717) is 13.1 Å². The summed E-state index contributed by atoms with van der Waals surface area (Å²) in [6.07, 6.45) is 0. The van der Waals surface area contributed by atoms with Crippen molar-refractivity contribution >= 4 is 5.97 Å². The molecule has 1 aromatic rings. The number of carboxylic acids is 1. The van der Waals surface area contributed by atoms with E-state index in [9.17, 15) is 4.79 Å². The Labute approximate surface area is 95.0 Å². The first-order valence-corrected chi connectivity index (χ1v) is 5.40. The van der Waals surface area contributed by atoms with Gasteiger partial charge in [0.05, 0.1) is 11.6 Å². The first-order valence-electron chi connectivity index (χ1n) is 5.40. The number of nitrogens with zero attached hydrogens (tertiary/aromatic N) is 2. The van der Waals surface area contributed by atoms with E-state index >= 15 is 0 Å². The molecule has 0 fully saturated rings. The molecule has 90 valence electrons. The third-order valence-electron chi connectivity index (χ3n) is 2.46. The van der Waals surface area contributed by atoms with Crippen LogP contribution >= 0.6 is 0 Å². The SMILES string of the molecule is CCN(Cc1cc(C)on1)CC(C)C(=O)O.